The number of ether oxygens (including phenoxy) is 1. The van der Waals surface area contributed by atoms with E-state index in [1.54, 1.807) is 0 Å². The van der Waals surface area contributed by atoms with Gasteiger partial charge in [-0.2, -0.15) is 0 Å². The van der Waals surface area contributed by atoms with Gasteiger partial charge in [0.15, 0.2) is 6.29 Å². The SMILES string of the molecule is C[C@H](O)[C@@H]1OC(O)[C@@H](O)[C@@H]1O. The van der Waals surface area contributed by atoms with Crippen LogP contribution in [0.15, 0.2) is 0 Å². The molecule has 0 saturated carbocycles. The Morgan fingerprint density at radius 2 is 1.73 bits per heavy atom. The van der Waals surface area contributed by atoms with Gasteiger partial charge in [0.25, 0.3) is 0 Å². The van der Waals surface area contributed by atoms with Crippen molar-refractivity contribution in [2.24, 2.45) is 0 Å². The van der Waals surface area contributed by atoms with Gasteiger partial charge in [-0.1, -0.05) is 0 Å². The van der Waals surface area contributed by atoms with E-state index in [4.69, 9.17) is 20.4 Å². The maximum absolute atomic E-state index is 9.10. The van der Waals surface area contributed by atoms with Crippen molar-refractivity contribution in [1.29, 1.82) is 0 Å². The Morgan fingerprint density at radius 3 is 1.91 bits per heavy atom. The molecule has 1 rings (SSSR count). The van der Waals surface area contributed by atoms with Gasteiger partial charge in [0.2, 0.25) is 0 Å². The van der Waals surface area contributed by atoms with Crippen molar-refractivity contribution >= 4 is 0 Å². The van der Waals surface area contributed by atoms with Crippen molar-refractivity contribution in [3.63, 3.8) is 0 Å². The number of aliphatic hydroxyl groups is 4. The second-order valence-corrected chi connectivity index (χ2v) is 2.71. The Hall–Kier alpha value is -0.200. The largest absolute Gasteiger partial charge is 0.391 e. The molecule has 1 aliphatic rings. The fraction of sp³-hybridized carbons (Fsp3) is 1.00. The molecule has 0 bridgehead atoms. The van der Waals surface area contributed by atoms with Crippen molar-refractivity contribution in [3.8, 4) is 0 Å². The topological polar surface area (TPSA) is 90.2 Å². The second-order valence-electron chi connectivity index (χ2n) is 2.71. The molecule has 5 atom stereocenters. The van der Waals surface area contributed by atoms with Crippen molar-refractivity contribution in [2.75, 3.05) is 0 Å². The average molecular weight is 164 g/mol. The van der Waals surface area contributed by atoms with Gasteiger partial charge in [0, 0.05) is 0 Å². The van der Waals surface area contributed by atoms with E-state index >= 15 is 0 Å². The Bertz CT molecular complexity index is 137. The number of hydrogen-bond donors (Lipinski definition) is 4. The van der Waals surface area contributed by atoms with Gasteiger partial charge in [0.1, 0.15) is 18.3 Å². The van der Waals surface area contributed by atoms with E-state index in [1.165, 1.54) is 6.92 Å². The molecule has 0 spiro atoms. The molecule has 1 saturated heterocycles. The molecule has 1 aliphatic heterocycles. The van der Waals surface area contributed by atoms with Crippen LogP contribution in [0.4, 0.5) is 0 Å². The molecule has 1 heterocycles. The molecule has 0 aromatic rings. The summed E-state index contributed by atoms with van der Waals surface area (Å²) in [6.45, 7) is 1.42. The lowest BCUT2D eigenvalue weighted by molar-refractivity contribution is -0.143. The van der Waals surface area contributed by atoms with Gasteiger partial charge in [-0.3, -0.25) is 0 Å². The molecule has 4 N–H and O–H groups in total. The van der Waals surface area contributed by atoms with Crippen LogP contribution in [0.25, 0.3) is 0 Å². The van der Waals surface area contributed by atoms with Crippen LogP contribution in [-0.4, -0.2) is 51.1 Å². The smallest absolute Gasteiger partial charge is 0.184 e. The fourth-order valence-corrected chi connectivity index (χ4v) is 1.08. The summed E-state index contributed by atoms with van der Waals surface area (Å²) >= 11 is 0. The molecule has 11 heavy (non-hydrogen) atoms. The Morgan fingerprint density at radius 1 is 1.18 bits per heavy atom. The van der Waals surface area contributed by atoms with Crippen LogP contribution in [0.1, 0.15) is 6.92 Å². The Kier molecular flexibility index (Phi) is 2.46. The summed E-state index contributed by atoms with van der Waals surface area (Å²) in [7, 11) is 0. The Labute approximate surface area is 63.8 Å². The standard InChI is InChI=1S/C6H12O5/c1-2(7)5-3(8)4(9)6(10)11-5/h2-10H,1H3/t2-,3-,4-,5-,6?/m0/s1. The Balaban J connectivity index is 2.59. The summed E-state index contributed by atoms with van der Waals surface area (Å²) in [5.74, 6) is 0. The minimum Gasteiger partial charge on any atom is -0.391 e. The quantitative estimate of drug-likeness (QED) is 0.353. The molecule has 0 aromatic carbocycles. The van der Waals surface area contributed by atoms with Crippen molar-refractivity contribution in [1.82, 2.24) is 0 Å². The predicted octanol–water partition coefficient (Wildman–Crippen LogP) is -2.19. The molecule has 0 aromatic heterocycles. The zero-order chi connectivity index (χ0) is 8.59. The van der Waals surface area contributed by atoms with Gasteiger partial charge in [-0.25, -0.2) is 0 Å². The van der Waals surface area contributed by atoms with E-state index in [1.807, 2.05) is 0 Å². The summed E-state index contributed by atoms with van der Waals surface area (Å²) in [6, 6.07) is 0. The molecular weight excluding hydrogens is 152 g/mol. The molecular formula is C6H12O5. The lowest BCUT2D eigenvalue weighted by Crippen LogP contribution is -2.37. The lowest BCUT2D eigenvalue weighted by atomic mass is 10.1. The van der Waals surface area contributed by atoms with E-state index in [0.29, 0.717) is 0 Å². The predicted molar refractivity (Wildman–Crippen MR) is 34.6 cm³/mol. The lowest BCUT2D eigenvalue weighted by Gasteiger charge is -2.16. The fourth-order valence-electron chi connectivity index (χ4n) is 1.08. The first-order valence-corrected chi connectivity index (χ1v) is 3.41. The van der Waals surface area contributed by atoms with Crippen molar-refractivity contribution in [3.05, 3.63) is 0 Å². The molecule has 1 fully saturated rings. The van der Waals surface area contributed by atoms with E-state index < -0.39 is 30.7 Å². The zero-order valence-corrected chi connectivity index (χ0v) is 6.08. The van der Waals surface area contributed by atoms with Crippen molar-refractivity contribution < 1.29 is 25.2 Å². The molecule has 66 valence electrons. The summed E-state index contributed by atoms with van der Waals surface area (Å²) < 4.78 is 4.65. The number of aliphatic hydroxyl groups excluding tert-OH is 4. The highest BCUT2D eigenvalue weighted by atomic mass is 16.6. The highest BCUT2D eigenvalue weighted by Gasteiger charge is 2.43. The summed E-state index contributed by atoms with van der Waals surface area (Å²) in [5, 5.41) is 35.8. The van der Waals surface area contributed by atoms with Gasteiger partial charge in [0.05, 0.1) is 6.10 Å². The summed E-state index contributed by atoms with van der Waals surface area (Å²) in [5.41, 5.74) is 0. The van der Waals surface area contributed by atoms with Crippen LogP contribution in [0, 0.1) is 0 Å². The van der Waals surface area contributed by atoms with Crippen LogP contribution in [0.2, 0.25) is 0 Å². The van der Waals surface area contributed by atoms with Gasteiger partial charge < -0.3 is 25.2 Å². The summed E-state index contributed by atoms with van der Waals surface area (Å²) in [6.07, 6.45) is -5.75. The van der Waals surface area contributed by atoms with E-state index in [-0.39, 0.29) is 0 Å². The maximum atomic E-state index is 9.10. The minimum atomic E-state index is -1.40. The minimum absolute atomic E-state index is 0.903. The first-order chi connectivity index (χ1) is 5.04. The molecule has 1 unspecified atom stereocenters. The maximum Gasteiger partial charge on any atom is 0.184 e. The third-order valence-electron chi connectivity index (χ3n) is 1.75. The van der Waals surface area contributed by atoms with Crippen LogP contribution >= 0.6 is 0 Å². The van der Waals surface area contributed by atoms with Crippen molar-refractivity contribution in [2.45, 2.75) is 37.6 Å². The molecule has 0 amide bonds. The normalized spacial score (nSPS) is 47.7. The van der Waals surface area contributed by atoms with Crippen LogP contribution in [0.5, 0.6) is 0 Å². The monoisotopic (exact) mass is 164 g/mol. The molecule has 5 heteroatoms. The van der Waals surface area contributed by atoms with E-state index in [0.717, 1.165) is 0 Å². The molecule has 0 aliphatic carbocycles. The van der Waals surface area contributed by atoms with E-state index in [9.17, 15) is 0 Å². The van der Waals surface area contributed by atoms with Crippen LogP contribution in [-0.2, 0) is 4.74 Å². The third-order valence-corrected chi connectivity index (χ3v) is 1.75. The summed E-state index contributed by atoms with van der Waals surface area (Å²) in [4.78, 5) is 0. The van der Waals surface area contributed by atoms with E-state index in [2.05, 4.69) is 4.74 Å². The van der Waals surface area contributed by atoms with Crippen LogP contribution < -0.4 is 0 Å². The second kappa shape index (κ2) is 3.04. The van der Waals surface area contributed by atoms with Gasteiger partial charge >= 0.3 is 0 Å². The molecule has 5 nitrogen and oxygen atoms in total. The highest BCUT2D eigenvalue weighted by Crippen LogP contribution is 2.21. The van der Waals surface area contributed by atoms with Crippen LogP contribution in [0.3, 0.4) is 0 Å². The first kappa shape index (κ1) is 8.89. The van der Waals surface area contributed by atoms with Gasteiger partial charge in [-0.15, -0.1) is 0 Å². The zero-order valence-electron chi connectivity index (χ0n) is 6.08. The highest BCUT2D eigenvalue weighted by molar-refractivity contribution is 4.88. The number of hydrogen-bond acceptors (Lipinski definition) is 5. The average Bonchev–Trinajstić information content (AvgIpc) is 2.17. The number of rotatable bonds is 1. The molecule has 0 radical (unpaired) electrons. The third kappa shape index (κ3) is 1.52. The van der Waals surface area contributed by atoms with Gasteiger partial charge in [-0.05, 0) is 6.92 Å². The first-order valence-electron chi connectivity index (χ1n) is 3.41.